The van der Waals surface area contributed by atoms with Crippen molar-refractivity contribution in [2.75, 3.05) is 0 Å². The van der Waals surface area contributed by atoms with Crippen LogP contribution in [0.2, 0.25) is 5.15 Å². The number of rotatable bonds is 2. The molecule has 7 heteroatoms. The van der Waals surface area contributed by atoms with E-state index in [9.17, 15) is 5.26 Å². The van der Waals surface area contributed by atoms with Crippen LogP contribution in [0.1, 0.15) is 33.4 Å². The molecule has 3 heterocycles. The number of aromatic nitrogens is 4. The molecule has 110 valence electrons. The molecule has 0 bridgehead atoms. The first-order chi connectivity index (χ1) is 10.0. The topological polar surface area (TPSA) is 76.6 Å². The number of nitrogens with zero attached hydrogens (tertiary/aromatic N) is 5. The first-order valence-corrected chi connectivity index (χ1v) is 7.30. The van der Waals surface area contributed by atoms with Crippen molar-refractivity contribution in [1.29, 1.82) is 5.26 Å². The van der Waals surface area contributed by atoms with Gasteiger partial charge in [-0.3, -0.25) is 4.57 Å². The fraction of sp³-hybridized carbons (Fsp3) is 0.571. The Morgan fingerprint density at radius 3 is 2.90 bits per heavy atom. The van der Waals surface area contributed by atoms with Crippen LogP contribution in [0.25, 0.3) is 11.2 Å². The largest absolute Gasteiger partial charge is 0.353 e. The SMILES string of the molecule is CC[C@H]1O[C@@H](n2cnc3c(Cl)ncnc32)[C@](C)(C#N)[C@@H]1C. The highest BCUT2D eigenvalue weighted by Crippen LogP contribution is 2.50. The quantitative estimate of drug-likeness (QED) is 0.797. The van der Waals surface area contributed by atoms with Gasteiger partial charge in [0.15, 0.2) is 17.0 Å². The molecule has 1 aliphatic rings. The van der Waals surface area contributed by atoms with Crippen LogP contribution < -0.4 is 0 Å². The molecule has 0 radical (unpaired) electrons. The second-order valence-corrected chi connectivity index (χ2v) is 5.96. The first-order valence-electron chi connectivity index (χ1n) is 6.92. The summed E-state index contributed by atoms with van der Waals surface area (Å²) in [4.78, 5) is 12.4. The Morgan fingerprint density at radius 2 is 2.24 bits per heavy atom. The molecule has 0 spiro atoms. The maximum absolute atomic E-state index is 9.68. The minimum Gasteiger partial charge on any atom is -0.353 e. The summed E-state index contributed by atoms with van der Waals surface area (Å²) < 4.78 is 7.91. The number of nitriles is 1. The van der Waals surface area contributed by atoms with Crippen molar-refractivity contribution in [2.24, 2.45) is 11.3 Å². The molecule has 0 unspecified atom stereocenters. The lowest BCUT2D eigenvalue weighted by Gasteiger charge is -2.26. The van der Waals surface area contributed by atoms with Gasteiger partial charge in [0.25, 0.3) is 0 Å². The normalized spacial score (nSPS) is 32.4. The number of hydrogen-bond acceptors (Lipinski definition) is 5. The molecule has 0 aliphatic carbocycles. The summed E-state index contributed by atoms with van der Waals surface area (Å²) in [5, 5.41) is 9.98. The number of halogens is 1. The highest BCUT2D eigenvalue weighted by atomic mass is 35.5. The van der Waals surface area contributed by atoms with Gasteiger partial charge in [-0.15, -0.1) is 0 Å². The third kappa shape index (κ3) is 1.92. The second-order valence-electron chi connectivity index (χ2n) is 5.61. The molecule has 1 saturated heterocycles. The van der Waals surface area contributed by atoms with E-state index in [1.165, 1.54) is 6.33 Å². The Morgan fingerprint density at radius 1 is 1.48 bits per heavy atom. The van der Waals surface area contributed by atoms with Gasteiger partial charge in [0.05, 0.1) is 18.5 Å². The van der Waals surface area contributed by atoms with Crippen LogP contribution in [0.3, 0.4) is 0 Å². The standard InChI is InChI=1S/C14H16ClN5O/c1-4-9-8(2)14(3,5-16)13(21-9)20-7-19-10-11(15)17-6-18-12(10)20/h6-9,13H,4H2,1-3H3/t8-,9-,13-,14-/m1/s1. The Hall–Kier alpha value is -1.71. The fourth-order valence-electron chi connectivity index (χ4n) is 2.99. The van der Waals surface area contributed by atoms with E-state index in [1.54, 1.807) is 10.9 Å². The second kappa shape index (κ2) is 4.93. The average molecular weight is 306 g/mol. The molecular formula is C14H16ClN5O. The van der Waals surface area contributed by atoms with E-state index in [-0.39, 0.29) is 12.0 Å². The van der Waals surface area contributed by atoms with Gasteiger partial charge in [-0.2, -0.15) is 5.26 Å². The minimum atomic E-state index is -0.647. The molecule has 2 aromatic heterocycles. The third-order valence-corrected chi connectivity index (χ3v) is 4.81. The molecular weight excluding hydrogens is 290 g/mol. The summed E-state index contributed by atoms with van der Waals surface area (Å²) in [6.45, 7) is 6.04. The van der Waals surface area contributed by atoms with Gasteiger partial charge in [0, 0.05) is 5.92 Å². The van der Waals surface area contributed by atoms with Crippen LogP contribution in [-0.2, 0) is 4.74 Å². The zero-order valence-corrected chi connectivity index (χ0v) is 12.9. The summed E-state index contributed by atoms with van der Waals surface area (Å²) in [5.74, 6) is 0.118. The minimum absolute atomic E-state index is 0.0365. The third-order valence-electron chi connectivity index (χ3n) is 4.53. The van der Waals surface area contributed by atoms with Gasteiger partial charge in [-0.25, -0.2) is 15.0 Å². The van der Waals surface area contributed by atoms with Gasteiger partial charge < -0.3 is 4.74 Å². The van der Waals surface area contributed by atoms with E-state index < -0.39 is 11.6 Å². The molecule has 0 saturated carbocycles. The molecule has 0 aromatic carbocycles. The van der Waals surface area contributed by atoms with Crippen LogP contribution in [-0.4, -0.2) is 25.6 Å². The highest BCUT2D eigenvalue weighted by molar-refractivity contribution is 6.33. The smallest absolute Gasteiger partial charge is 0.166 e. The summed E-state index contributed by atoms with van der Waals surface area (Å²) >= 11 is 6.03. The molecule has 1 fully saturated rings. The zero-order chi connectivity index (χ0) is 15.2. The Labute approximate surface area is 127 Å². The number of fused-ring (bicyclic) bond motifs is 1. The summed E-state index contributed by atoms with van der Waals surface area (Å²) in [6.07, 6.45) is 3.48. The molecule has 4 atom stereocenters. The van der Waals surface area contributed by atoms with Gasteiger partial charge in [0.2, 0.25) is 0 Å². The lowest BCUT2D eigenvalue weighted by molar-refractivity contribution is -0.0220. The summed E-state index contributed by atoms with van der Waals surface area (Å²) in [6, 6.07) is 2.42. The van der Waals surface area contributed by atoms with Crippen LogP contribution in [0.5, 0.6) is 0 Å². The number of hydrogen-bond donors (Lipinski definition) is 0. The molecule has 6 nitrogen and oxygen atoms in total. The zero-order valence-electron chi connectivity index (χ0n) is 12.1. The average Bonchev–Trinajstić information content (AvgIpc) is 3.01. The highest BCUT2D eigenvalue weighted by Gasteiger charge is 2.52. The van der Waals surface area contributed by atoms with E-state index in [4.69, 9.17) is 16.3 Å². The summed E-state index contributed by atoms with van der Waals surface area (Å²) in [7, 11) is 0. The van der Waals surface area contributed by atoms with Gasteiger partial charge in [-0.05, 0) is 13.3 Å². The van der Waals surface area contributed by atoms with Crippen molar-refractivity contribution < 1.29 is 4.74 Å². The summed E-state index contributed by atoms with van der Waals surface area (Å²) in [5.41, 5.74) is 0.465. The van der Waals surface area contributed by atoms with Crippen LogP contribution in [0.15, 0.2) is 12.7 Å². The first kappa shape index (κ1) is 14.2. The number of ether oxygens (including phenoxy) is 1. The predicted octanol–water partition coefficient (Wildman–Crippen LogP) is 2.95. The monoisotopic (exact) mass is 305 g/mol. The van der Waals surface area contributed by atoms with Gasteiger partial charge >= 0.3 is 0 Å². The van der Waals surface area contributed by atoms with Crippen molar-refractivity contribution >= 4 is 22.8 Å². The van der Waals surface area contributed by atoms with E-state index in [1.807, 2.05) is 6.92 Å². The molecule has 0 amide bonds. The molecule has 21 heavy (non-hydrogen) atoms. The van der Waals surface area contributed by atoms with E-state index in [0.29, 0.717) is 16.3 Å². The number of imidazole rings is 1. The van der Waals surface area contributed by atoms with Crippen LogP contribution in [0.4, 0.5) is 0 Å². The lowest BCUT2D eigenvalue weighted by Crippen LogP contribution is -2.29. The van der Waals surface area contributed by atoms with Crippen molar-refractivity contribution in [3.05, 3.63) is 17.8 Å². The van der Waals surface area contributed by atoms with Gasteiger partial charge in [-0.1, -0.05) is 25.4 Å². The maximum atomic E-state index is 9.68. The van der Waals surface area contributed by atoms with Crippen molar-refractivity contribution in [3.8, 4) is 6.07 Å². The maximum Gasteiger partial charge on any atom is 0.166 e. The lowest BCUT2D eigenvalue weighted by atomic mass is 9.77. The molecule has 0 N–H and O–H groups in total. The molecule has 1 aliphatic heterocycles. The molecule has 2 aromatic rings. The van der Waals surface area contributed by atoms with Crippen molar-refractivity contribution in [3.63, 3.8) is 0 Å². The van der Waals surface area contributed by atoms with Crippen LogP contribution >= 0.6 is 11.6 Å². The Bertz CT molecular complexity index is 724. The Kier molecular flexibility index (Phi) is 3.34. The van der Waals surface area contributed by atoms with E-state index in [2.05, 4.69) is 34.9 Å². The van der Waals surface area contributed by atoms with Crippen molar-refractivity contribution in [2.45, 2.75) is 39.5 Å². The van der Waals surface area contributed by atoms with Crippen molar-refractivity contribution in [1.82, 2.24) is 19.5 Å². The van der Waals surface area contributed by atoms with Gasteiger partial charge in [0.1, 0.15) is 17.3 Å². The predicted molar refractivity (Wildman–Crippen MR) is 77.4 cm³/mol. The Balaban J connectivity index is 2.14. The fourth-order valence-corrected chi connectivity index (χ4v) is 3.17. The van der Waals surface area contributed by atoms with E-state index >= 15 is 0 Å². The van der Waals surface area contributed by atoms with Crippen LogP contribution in [0, 0.1) is 22.7 Å². The van der Waals surface area contributed by atoms with E-state index in [0.717, 1.165) is 6.42 Å². The molecule has 3 rings (SSSR count).